The van der Waals surface area contributed by atoms with Crippen molar-refractivity contribution in [1.29, 1.82) is 5.41 Å². The summed E-state index contributed by atoms with van der Waals surface area (Å²) in [6.45, 7) is 8.00. The lowest BCUT2D eigenvalue weighted by atomic mass is 10.1. The zero-order valence-corrected chi connectivity index (χ0v) is 21.7. The van der Waals surface area contributed by atoms with Crippen LogP contribution in [0.5, 0.6) is 17.5 Å². The fourth-order valence-electron chi connectivity index (χ4n) is 4.31. The molecule has 3 heterocycles. The minimum atomic E-state index is -0.0836. The molecule has 5 rings (SSSR count). The third-order valence-corrected chi connectivity index (χ3v) is 6.97. The van der Waals surface area contributed by atoms with Crippen LogP contribution in [0.2, 0.25) is 0 Å². The monoisotopic (exact) mass is 529 g/mol. The number of nitrogens with one attached hydrogen (secondary N) is 1. The first-order chi connectivity index (χ1) is 18.5. The normalized spacial score (nSPS) is 13.4. The van der Waals surface area contributed by atoms with Crippen molar-refractivity contribution < 1.29 is 14.3 Å². The SMILES string of the molecule is C=CC(=O)N1CCN(c2nc(OCc3cscn3)nc3c(Oc4c(C)ccc(N)c4C=N)cccc23)CC1. The Morgan fingerprint density at radius 1 is 1.21 bits per heavy atom. The molecule has 0 saturated carbocycles. The minimum Gasteiger partial charge on any atom is -0.457 e. The molecule has 0 atom stereocenters. The molecular formula is C27H27N7O3S. The number of hydrogen-bond acceptors (Lipinski definition) is 10. The molecule has 1 aliphatic rings. The lowest BCUT2D eigenvalue weighted by molar-refractivity contribution is -0.126. The van der Waals surface area contributed by atoms with E-state index in [9.17, 15) is 4.79 Å². The van der Waals surface area contributed by atoms with Crippen LogP contribution in [0.1, 0.15) is 16.8 Å². The summed E-state index contributed by atoms with van der Waals surface area (Å²) in [6.07, 6.45) is 2.53. The second kappa shape index (κ2) is 10.9. The first-order valence-electron chi connectivity index (χ1n) is 12.0. The molecule has 38 heavy (non-hydrogen) atoms. The molecule has 2 aromatic heterocycles. The van der Waals surface area contributed by atoms with Gasteiger partial charge in [0, 0.05) is 48.8 Å². The van der Waals surface area contributed by atoms with Gasteiger partial charge in [-0.1, -0.05) is 18.7 Å². The predicted molar refractivity (Wildman–Crippen MR) is 149 cm³/mol. The van der Waals surface area contributed by atoms with Crippen molar-refractivity contribution in [3.8, 4) is 17.5 Å². The molecule has 0 spiro atoms. The van der Waals surface area contributed by atoms with Crippen LogP contribution in [0.3, 0.4) is 0 Å². The maximum Gasteiger partial charge on any atom is 0.319 e. The molecule has 11 heteroatoms. The van der Waals surface area contributed by atoms with E-state index in [1.54, 1.807) is 16.5 Å². The van der Waals surface area contributed by atoms with Crippen LogP contribution in [-0.2, 0) is 11.4 Å². The number of nitrogen functional groups attached to an aromatic ring is 1. The zero-order valence-electron chi connectivity index (χ0n) is 20.9. The third-order valence-electron chi connectivity index (χ3n) is 6.33. The number of amides is 1. The lowest BCUT2D eigenvalue weighted by Gasteiger charge is -2.35. The number of aromatic nitrogens is 3. The Morgan fingerprint density at radius 2 is 2.03 bits per heavy atom. The average Bonchev–Trinajstić information content (AvgIpc) is 3.47. The highest BCUT2D eigenvalue weighted by atomic mass is 32.1. The Morgan fingerprint density at radius 3 is 2.74 bits per heavy atom. The molecule has 2 aromatic carbocycles. The van der Waals surface area contributed by atoms with Gasteiger partial charge in [0.05, 0.1) is 16.8 Å². The summed E-state index contributed by atoms with van der Waals surface area (Å²) in [7, 11) is 0. The molecule has 10 nitrogen and oxygen atoms in total. The van der Waals surface area contributed by atoms with Crippen LogP contribution in [0.4, 0.5) is 11.5 Å². The summed E-state index contributed by atoms with van der Waals surface area (Å²) in [5, 5.41) is 10.6. The van der Waals surface area contributed by atoms with E-state index in [0.717, 1.165) is 16.6 Å². The second-order valence-electron chi connectivity index (χ2n) is 8.73. The van der Waals surface area contributed by atoms with Crippen LogP contribution in [0.15, 0.2) is 53.9 Å². The quantitative estimate of drug-likeness (QED) is 0.197. The fraction of sp³-hybridized carbons (Fsp3) is 0.222. The maximum absolute atomic E-state index is 12.1. The van der Waals surface area contributed by atoms with Crippen molar-refractivity contribution in [2.75, 3.05) is 36.8 Å². The highest BCUT2D eigenvalue weighted by Gasteiger charge is 2.24. The highest BCUT2D eigenvalue weighted by molar-refractivity contribution is 7.07. The number of benzene rings is 2. The van der Waals surface area contributed by atoms with E-state index in [-0.39, 0.29) is 18.5 Å². The first-order valence-corrected chi connectivity index (χ1v) is 13.0. The van der Waals surface area contributed by atoms with Gasteiger partial charge in [-0.15, -0.1) is 11.3 Å². The van der Waals surface area contributed by atoms with E-state index in [4.69, 9.17) is 30.6 Å². The first kappa shape index (κ1) is 25.2. The number of nitrogens with zero attached hydrogens (tertiary/aromatic N) is 5. The number of para-hydroxylation sites is 1. The Labute approximate surface area is 223 Å². The van der Waals surface area contributed by atoms with Crippen LogP contribution < -0.4 is 20.1 Å². The molecule has 194 valence electrons. The summed E-state index contributed by atoms with van der Waals surface area (Å²) in [5.41, 5.74) is 11.0. The van der Waals surface area contributed by atoms with Crippen molar-refractivity contribution in [2.45, 2.75) is 13.5 Å². The summed E-state index contributed by atoms with van der Waals surface area (Å²) in [6, 6.07) is 9.44. The molecule has 1 fully saturated rings. The standard InChI is InChI=1S/C27H27N7O3S/c1-3-23(35)33-9-11-34(12-10-33)26-19-5-4-6-22(37-25-17(2)7-8-21(29)20(25)13-28)24(19)31-27(32-26)36-14-18-15-38-16-30-18/h3-8,13,15-16,28H,1,9-12,14,29H2,2H3. The molecule has 0 radical (unpaired) electrons. The van der Waals surface area contributed by atoms with Gasteiger partial charge in [0.25, 0.3) is 0 Å². The summed E-state index contributed by atoms with van der Waals surface area (Å²) >= 11 is 1.49. The molecular weight excluding hydrogens is 502 g/mol. The molecule has 4 aromatic rings. The number of ether oxygens (including phenoxy) is 2. The molecule has 0 aliphatic carbocycles. The van der Waals surface area contributed by atoms with Crippen LogP contribution in [-0.4, -0.2) is 58.2 Å². The second-order valence-corrected chi connectivity index (χ2v) is 9.45. The highest BCUT2D eigenvalue weighted by Crippen LogP contribution is 2.37. The van der Waals surface area contributed by atoms with Crippen LogP contribution in [0, 0.1) is 12.3 Å². The van der Waals surface area contributed by atoms with Gasteiger partial charge in [-0.25, -0.2) is 4.98 Å². The molecule has 0 bridgehead atoms. The number of carbonyl (C=O) groups excluding carboxylic acids is 1. The van der Waals surface area contributed by atoms with E-state index < -0.39 is 0 Å². The van der Waals surface area contributed by atoms with Gasteiger partial charge in [-0.05, 0) is 36.8 Å². The van der Waals surface area contributed by atoms with E-state index in [0.29, 0.717) is 60.3 Å². The third kappa shape index (κ3) is 5.00. The van der Waals surface area contributed by atoms with E-state index in [1.807, 2.05) is 36.6 Å². The number of rotatable bonds is 8. The van der Waals surface area contributed by atoms with Gasteiger partial charge in [0.1, 0.15) is 23.7 Å². The van der Waals surface area contributed by atoms with Gasteiger partial charge in [0.15, 0.2) is 5.75 Å². The van der Waals surface area contributed by atoms with Crippen molar-refractivity contribution in [1.82, 2.24) is 19.9 Å². The van der Waals surface area contributed by atoms with Crippen LogP contribution >= 0.6 is 11.3 Å². The molecule has 0 unspecified atom stereocenters. The number of thiazole rings is 1. The maximum atomic E-state index is 12.1. The smallest absolute Gasteiger partial charge is 0.319 e. The van der Waals surface area contributed by atoms with Crippen LogP contribution in [0.25, 0.3) is 10.9 Å². The topological polar surface area (TPSA) is 131 Å². The van der Waals surface area contributed by atoms with E-state index in [2.05, 4.69) is 16.5 Å². The Hall–Kier alpha value is -4.51. The number of anilines is 2. The Kier molecular flexibility index (Phi) is 7.18. The molecule has 1 aliphatic heterocycles. The fourth-order valence-corrected chi connectivity index (χ4v) is 4.85. The number of carbonyl (C=O) groups is 1. The largest absolute Gasteiger partial charge is 0.457 e. The number of aryl methyl sites for hydroxylation is 1. The molecule has 1 amide bonds. The predicted octanol–water partition coefficient (Wildman–Crippen LogP) is 4.18. The number of hydrogen-bond donors (Lipinski definition) is 2. The van der Waals surface area contributed by atoms with Gasteiger partial charge in [-0.3, -0.25) is 4.79 Å². The Bertz CT molecular complexity index is 1500. The number of piperazine rings is 1. The van der Waals surface area contributed by atoms with Gasteiger partial charge < -0.3 is 30.4 Å². The number of fused-ring (bicyclic) bond motifs is 1. The lowest BCUT2D eigenvalue weighted by Crippen LogP contribution is -2.48. The van der Waals surface area contributed by atoms with Crippen molar-refractivity contribution in [2.24, 2.45) is 0 Å². The van der Waals surface area contributed by atoms with E-state index in [1.165, 1.54) is 23.6 Å². The summed E-state index contributed by atoms with van der Waals surface area (Å²) in [4.78, 5) is 29.7. The van der Waals surface area contributed by atoms with Crippen molar-refractivity contribution in [3.63, 3.8) is 0 Å². The van der Waals surface area contributed by atoms with Gasteiger partial charge in [-0.2, -0.15) is 9.97 Å². The van der Waals surface area contributed by atoms with E-state index >= 15 is 0 Å². The van der Waals surface area contributed by atoms with Crippen molar-refractivity contribution >= 4 is 45.9 Å². The average molecular weight is 530 g/mol. The Balaban J connectivity index is 1.56. The zero-order chi connectivity index (χ0) is 26.6. The van der Waals surface area contributed by atoms with Crippen molar-refractivity contribution in [3.05, 3.63) is 70.7 Å². The van der Waals surface area contributed by atoms with Gasteiger partial charge in [0.2, 0.25) is 5.91 Å². The number of nitrogens with two attached hydrogens (primary N) is 1. The summed E-state index contributed by atoms with van der Waals surface area (Å²) < 4.78 is 12.3. The molecule has 1 saturated heterocycles. The minimum absolute atomic E-state index is 0.0836. The molecule has 3 N–H and O–H groups in total. The van der Waals surface area contributed by atoms with Gasteiger partial charge >= 0.3 is 6.01 Å². The summed E-state index contributed by atoms with van der Waals surface area (Å²) in [5.74, 6) is 1.59.